The van der Waals surface area contributed by atoms with E-state index in [0.717, 1.165) is 23.7 Å². The highest BCUT2D eigenvalue weighted by molar-refractivity contribution is 7.11. The van der Waals surface area contributed by atoms with Gasteiger partial charge in [0, 0.05) is 28.2 Å². The molecule has 3 N–H and O–H groups in total. The smallest absolute Gasteiger partial charge is 0.109 e. The quantitative estimate of drug-likeness (QED) is 0.874. The van der Waals surface area contributed by atoms with Gasteiger partial charge >= 0.3 is 0 Å². The molecule has 2 aromatic rings. The lowest BCUT2D eigenvalue weighted by molar-refractivity contribution is 0.576. The minimum absolute atomic E-state index is 0.279. The molecule has 2 rings (SSSR count). The molecule has 0 amide bonds. The number of aromatic nitrogens is 1. The third-order valence-corrected chi connectivity index (χ3v) is 4.90. The van der Waals surface area contributed by atoms with Gasteiger partial charge in [-0.25, -0.2) is 4.98 Å². The van der Waals surface area contributed by atoms with Crippen molar-refractivity contribution in [2.75, 3.05) is 5.73 Å². The highest BCUT2D eigenvalue weighted by Crippen LogP contribution is 2.23. The SMILES string of the molecule is CCc1cnc(C(C)NCc2sccc2N)s1. The van der Waals surface area contributed by atoms with Crippen LogP contribution >= 0.6 is 22.7 Å². The fourth-order valence-corrected chi connectivity index (χ4v) is 3.15. The second-order valence-electron chi connectivity index (χ2n) is 3.92. The van der Waals surface area contributed by atoms with Crippen LogP contribution in [0.4, 0.5) is 5.69 Å². The van der Waals surface area contributed by atoms with Crippen LogP contribution in [0.15, 0.2) is 17.6 Å². The van der Waals surface area contributed by atoms with E-state index in [-0.39, 0.29) is 6.04 Å². The van der Waals surface area contributed by atoms with Gasteiger partial charge in [0.25, 0.3) is 0 Å². The predicted octanol–water partition coefficient (Wildman–Crippen LogP) is 3.20. The molecule has 0 aliphatic rings. The summed E-state index contributed by atoms with van der Waals surface area (Å²) in [5, 5.41) is 6.63. The van der Waals surface area contributed by atoms with Crippen molar-refractivity contribution in [3.8, 4) is 0 Å². The van der Waals surface area contributed by atoms with Gasteiger partial charge in [-0.15, -0.1) is 22.7 Å². The first kappa shape index (κ1) is 12.5. The summed E-state index contributed by atoms with van der Waals surface area (Å²) in [5.74, 6) is 0. The van der Waals surface area contributed by atoms with Crippen LogP contribution in [0, 0.1) is 0 Å². The van der Waals surface area contributed by atoms with Crippen molar-refractivity contribution < 1.29 is 0 Å². The zero-order chi connectivity index (χ0) is 12.3. The second-order valence-corrected chi connectivity index (χ2v) is 6.07. The van der Waals surface area contributed by atoms with E-state index in [1.54, 1.807) is 22.7 Å². The molecule has 17 heavy (non-hydrogen) atoms. The summed E-state index contributed by atoms with van der Waals surface area (Å²) in [5.41, 5.74) is 6.73. The number of nitrogens with zero attached hydrogens (tertiary/aromatic N) is 1. The Kier molecular flexibility index (Phi) is 4.15. The Hall–Kier alpha value is -0.910. The molecule has 92 valence electrons. The van der Waals surface area contributed by atoms with E-state index in [0.29, 0.717) is 0 Å². The molecule has 2 aromatic heterocycles. The van der Waals surface area contributed by atoms with Crippen molar-refractivity contribution in [1.82, 2.24) is 10.3 Å². The Balaban J connectivity index is 1.93. The molecular formula is C12H17N3S2. The third kappa shape index (κ3) is 3.06. The molecule has 0 saturated heterocycles. The van der Waals surface area contributed by atoms with Gasteiger partial charge < -0.3 is 11.1 Å². The van der Waals surface area contributed by atoms with Gasteiger partial charge in [0.1, 0.15) is 5.01 Å². The molecule has 5 heteroatoms. The zero-order valence-corrected chi connectivity index (χ0v) is 11.7. The number of rotatable bonds is 5. The van der Waals surface area contributed by atoms with E-state index in [1.165, 1.54) is 9.75 Å². The minimum Gasteiger partial charge on any atom is -0.398 e. The summed E-state index contributed by atoms with van der Waals surface area (Å²) < 4.78 is 0. The number of hydrogen-bond acceptors (Lipinski definition) is 5. The summed E-state index contributed by atoms with van der Waals surface area (Å²) >= 11 is 3.47. The van der Waals surface area contributed by atoms with E-state index < -0.39 is 0 Å². The van der Waals surface area contributed by atoms with E-state index in [1.807, 2.05) is 17.6 Å². The van der Waals surface area contributed by atoms with Gasteiger partial charge in [-0.2, -0.15) is 0 Å². The van der Waals surface area contributed by atoms with Crippen molar-refractivity contribution in [2.45, 2.75) is 32.9 Å². The average molecular weight is 267 g/mol. The van der Waals surface area contributed by atoms with Crippen LogP contribution < -0.4 is 11.1 Å². The van der Waals surface area contributed by atoms with Crippen molar-refractivity contribution in [3.63, 3.8) is 0 Å². The fraction of sp³-hybridized carbons (Fsp3) is 0.417. The number of aryl methyl sites for hydroxylation is 1. The molecule has 3 nitrogen and oxygen atoms in total. The van der Waals surface area contributed by atoms with Gasteiger partial charge in [0.05, 0.1) is 6.04 Å². The van der Waals surface area contributed by atoms with Crippen LogP contribution in [-0.4, -0.2) is 4.98 Å². The molecule has 0 radical (unpaired) electrons. The Bertz CT molecular complexity index is 476. The Morgan fingerprint density at radius 1 is 1.53 bits per heavy atom. The molecular weight excluding hydrogens is 250 g/mol. The van der Waals surface area contributed by atoms with E-state index in [9.17, 15) is 0 Å². The molecule has 0 aliphatic heterocycles. The number of thiophene rings is 1. The maximum absolute atomic E-state index is 5.85. The number of nitrogen functional groups attached to an aromatic ring is 1. The lowest BCUT2D eigenvalue weighted by Gasteiger charge is -2.10. The predicted molar refractivity (Wildman–Crippen MR) is 75.5 cm³/mol. The molecule has 0 aliphatic carbocycles. The summed E-state index contributed by atoms with van der Waals surface area (Å²) in [4.78, 5) is 6.97. The number of nitrogens with two attached hydrogens (primary N) is 1. The van der Waals surface area contributed by atoms with Crippen LogP contribution in [0.1, 0.15) is 34.7 Å². The molecule has 0 fully saturated rings. The summed E-state index contributed by atoms with van der Waals surface area (Å²) in [6, 6.07) is 2.23. The topological polar surface area (TPSA) is 50.9 Å². The van der Waals surface area contributed by atoms with Crippen LogP contribution in [0.2, 0.25) is 0 Å². The first-order chi connectivity index (χ1) is 8.20. The molecule has 0 saturated carbocycles. The van der Waals surface area contributed by atoms with Crippen LogP contribution in [0.3, 0.4) is 0 Å². The maximum atomic E-state index is 5.85. The Labute approximate surface area is 110 Å². The van der Waals surface area contributed by atoms with Gasteiger partial charge in [-0.1, -0.05) is 6.92 Å². The van der Waals surface area contributed by atoms with Crippen LogP contribution in [0.5, 0.6) is 0 Å². The standard InChI is InChI=1S/C12H17N3S2/c1-3-9-6-15-12(17-9)8(2)14-7-11-10(13)4-5-16-11/h4-6,8,14H,3,7,13H2,1-2H3. The lowest BCUT2D eigenvalue weighted by Crippen LogP contribution is -2.17. The highest BCUT2D eigenvalue weighted by atomic mass is 32.1. The monoisotopic (exact) mass is 267 g/mol. The van der Waals surface area contributed by atoms with Crippen molar-refractivity contribution in [1.29, 1.82) is 0 Å². The van der Waals surface area contributed by atoms with Crippen LogP contribution in [-0.2, 0) is 13.0 Å². The molecule has 1 unspecified atom stereocenters. The van der Waals surface area contributed by atoms with E-state index in [4.69, 9.17) is 5.73 Å². The van der Waals surface area contributed by atoms with Crippen LogP contribution in [0.25, 0.3) is 0 Å². The number of hydrogen-bond donors (Lipinski definition) is 2. The fourth-order valence-electron chi connectivity index (χ4n) is 1.51. The molecule has 2 heterocycles. The molecule has 1 atom stereocenters. The third-order valence-electron chi connectivity index (χ3n) is 2.64. The largest absolute Gasteiger partial charge is 0.398 e. The second kappa shape index (κ2) is 5.62. The van der Waals surface area contributed by atoms with E-state index in [2.05, 4.69) is 24.1 Å². The molecule has 0 bridgehead atoms. The summed E-state index contributed by atoms with van der Waals surface area (Å²) in [6.45, 7) is 5.11. The number of nitrogens with one attached hydrogen (secondary N) is 1. The van der Waals surface area contributed by atoms with Crippen molar-refractivity contribution in [2.24, 2.45) is 0 Å². The maximum Gasteiger partial charge on any atom is 0.109 e. The van der Waals surface area contributed by atoms with Crippen molar-refractivity contribution >= 4 is 28.4 Å². The van der Waals surface area contributed by atoms with Gasteiger partial charge in [-0.3, -0.25) is 0 Å². The highest BCUT2D eigenvalue weighted by Gasteiger charge is 2.10. The van der Waals surface area contributed by atoms with Gasteiger partial charge in [0.2, 0.25) is 0 Å². The van der Waals surface area contributed by atoms with Gasteiger partial charge in [-0.05, 0) is 24.8 Å². The first-order valence-electron chi connectivity index (χ1n) is 5.70. The zero-order valence-electron chi connectivity index (χ0n) is 10.1. The molecule has 0 spiro atoms. The normalized spacial score (nSPS) is 12.8. The van der Waals surface area contributed by atoms with Gasteiger partial charge in [0.15, 0.2) is 0 Å². The van der Waals surface area contributed by atoms with E-state index >= 15 is 0 Å². The lowest BCUT2D eigenvalue weighted by atomic mass is 10.3. The Morgan fingerprint density at radius 2 is 2.35 bits per heavy atom. The van der Waals surface area contributed by atoms with Crippen molar-refractivity contribution in [3.05, 3.63) is 32.4 Å². The number of thiazole rings is 1. The minimum atomic E-state index is 0.279. The first-order valence-corrected chi connectivity index (χ1v) is 7.40. The Morgan fingerprint density at radius 3 is 2.94 bits per heavy atom. The number of anilines is 1. The average Bonchev–Trinajstić information content (AvgIpc) is 2.94. The summed E-state index contributed by atoms with van der Waals surface area (Å²) in [6.07, 6.45) is 3.03. The molecule has 0 aromatic carbocycles. The summed E-state index contributed by atoms with van der Waals surface area (Å²) in [7, 11) is 0.